The summed E-state index contributed by atoms with van der Waals surface area (Å²) in [5, 5.41) is 9.07. The van der Waals surface area contributed by atoms with Crippen molar-refractivity contribution in [3.8, 4) is 0 Å². The van der Waals surface area contributed by atoms with Crippen LogP contribution in [0, 0.1) is 5.41 Å². The number of carboxylic acids is 1. The molecule has 1 aromatic carbocycles. The van der Waals surface area contributed by atoms with Gasteiger partial charge in [-0.3, -0.25) is 0 Å². The van der Waals surface area contributed by atoms with Crippen molar-refractivity contribution < 1.29 is 9.90 Å². The van der Waals surface area contributed by atoms with Gasteiger partial charge in [-0.05, 0) is 68.6 Å². The summed E-state index contributed by atoms with van der Waals surface area (Å²) >= 11 is 0. The van der Waals surface area contributed by atoms with Crippen LogP contribution >= 0.6 is 0 Å². The molecular weight excluding hydrogens is 252 g/mol. The number of benzene rings is 1. The fourth-order valence-corrected chi connectivity index (χ4v) is 3.04. The number of likely N-dealkylation sites (tertiary alicyclic amines) is 1. The number of nitrogens with two attached hydrogens (primary N) is 1. The molecule has 0 amide bonds. The van der Waals surface area contributed by atoms with Crippen LogP contribution in [0.2, 0.25) is 0 Å². The highest BCUT2D eigenvalue weighted by Gasteiger charge is 2.33. The Balaban J connectivity index is 2.10. The lowest BCUT2D eigenvalue weighted by Crippen LogP contribution is -2.45. The first-order chi connectivity index (χ1) is 9.58. The monoisotopic (exact) mass is 276 g/mol. The van der Waals surface area contributed by atoms with E-state index in [4.69, 9.17) is 10.8 Å². The summed E-state index contributed by atoms with van der Waals surface area (Å²) in [5.74, 6) is -0.866. The van der Waals surface area contributed by atoms with E-state index < -0.39 is 5.97 Å². The average Bonchev–Trinajstić information content (AvgIpc) is 2.48. The molecule has 1 aliphatic heterocycles. The summed E-state index contributed by atoms with van der Waals surface area (Å²) in [5.41, 5.74) is 7.61. The molecule has 1 heterocycles. The molecule has 4 heteroatoms. The first kappa shape index (κ1) is 15.0. The van der Waals surface area contributed by atoms with Gasteiger partial charge >= 0.3 is 5.97 Å². The van der Waals surface area contributed by atoms with Crippen molar-refractivity contribution in [2.24, 2.45) is 11.1 Å². The molecule has 0 aliphatic carbocycles. The zero-order valence-electron chi connectivity index (χ0n) is 12.1. The van der Waals surface area contributed by atoms with E-state index in [0.717, 1.165) is 44.5 Å². The molecule has 1 aromatic rings. The van der Waals surface area contributed by atoms with Crippen LogP contribution in [0.4, 0.5) is 0 Å². The minimum Gasteiger partial charge on any atom is -0.478 e. The Kier molecular flexibility index (Phi) is 4.78. The van der Waals surface area contributed by atoms with E-state index >= 15 is 0 Å². The van der Waals surface area contributed by atoms with Gasteiger partial charge in [-0.2, -0.15) is 0 Å². The van der Waals surface area contributed by atoms with Gasteiger partial charge in [0, 0.05) is 0 Å². The Labute approximate surface area is 120 Å². The number of aromatic carboxylic acids is 1. The SMILES string of the molecule is CCN1CCC(CN)(Cc2cccc(C(=O)O)c2)CC1. The number of carbonyl (C=O) groups is 1. The van der Waals surface area contributed by atoms with Gasteiger partial charge in [0.25, 0.3) is 0 Å². The predicted octanol–water partition coefficient (Wildman–Crippen LogP) is 1.99. The molecule has 0 aromatic heterocycles. The molecule has 0 unspecified atom stereocenters. The Morgan fingerprint density at radius 2 is 2.10 bits per heavy atom. The van der Waals surface area contributed by atoms with Crippen molar-refractivity contribution in [1.29, 1.82) is 0 Å². The third kappa shape index (κ3) is 3.38. The van der Waals surface area contributed by atoms with Crippen LogP contribution in [0.1, 0.15) is 35.7 Å². The molecule has 3 N–H and O–H groups in total. The zero-order chi connectivity index (χ0) is 14.6. The van der Waals surface area contributed by atoms with Gasteiger partial charge in [0.1, 0.15) is 0 Å². The van der Waals surface area contributed by atoms with Gasteiger partial charge in [-0.15, -0.1) is 0 Å². The fourth-order valence-electron chi connectivity index (χ4n) is 3.04. The van der Waals surface area contributed by atoms with Gasteiger partial charge in [0.2, 0.25) is 0 Å². The minimum atomic E-state index is -0.866. The Morgan fingerprint density at radius 3 is 2.65 bits per heavy atom. The quantitative estimate of drug-likeness (QED) is 0.863. The van der Waals surface area contributed by atoms with Crippen molar-refractivity contribution in [3.05, 3.63) is 35.4 Å². The number of piperidine rings is 1. The summed E-state index contributed by atoms with van der Waals surface area (Å²) in [6, 6.07) is 7.26. The van der Waals surface area contributed by atoms with Gasteiger partial charge in [0.05, 0.1) is 5.56 Å². The molecule has 20 heavy (non-hydrogen) atoms. The van der Waals surface area contributed by atoms with Gasteiger partial charge in [0.15, 0.2) is 0 Å². The van der Waals surface area contributed by atoms with Crippen molar-refractivity contribution in [1.82, 2.24) is 4.90 Å². The minimum absolute atomic E-state index is 0.128. The second-order valence-corrected chi connectivity index (χ2v) is 5.82. The first-order valence-electron chi connectivity index (χ1n) is 7.33. The third-order valence-corrected chi connectivity index (χ3v) is 4.55. The maximum atomic E-state index is 11.0. The van der Waals surface area contributed by atoms with E-state index in [-0.39, 0.29) is 5.41 Å². The Bertz CT molecular complexity index is 465. The van der Waals surface area contributed by atoms with E-state index in [1.165, 1.54) is 0 Å². The lowest BCUT2D eigenvalue weighted by molar-refractivity contribution is 0.0696. The normalized spacial score (nSPS) is 18.9. The fraction of sp³-hybridized carbons (Fsp3) is 0.562. The van der Waals surface area contributed by atoms with E-state index in [0.29, 0.717) is 12.1 Å². The van der Waals surface area contributed by atoms with E-state index in [1.54, 1.807) is 12.1 Å². The van der Waals surface area contributed by atoms with Crippen LogP contribution in [-0.4, -0.2) is 42.2 Å². The molecule has 1 saturated heterocycles. The molecule has 110 valence electrons. The smallest absolute Gasteiger partial charge is 0.335 e. The van der Waals surface area contributed by atoms with Crippen LogP contribution < -0.4 is 5.73 Å². The van der Waals surface area contributed by atoms with Crippen molar-refractivity contribution in [3.63, 3.8) is 0 Å². The maximum absolute atomic E-state index is 11.0. The van der Waals surface area contributed by atoms with Crippen LogP contribution in [0.25, 0.3) is 0 Å². The Hall–Kier alpha value is -1.39. The molecule has 1 aliphatic rings. The maximum Gasteiger partial charge on any atom is 0.335 e. The largest absolute Gasteiger partial charge is 0.478 e. The van der Waals surface area contributed by atoms with Gasteiger partial charge < -0.3 is 15.7 Å². The van der Waals surface area contributed by atoms with Crippen LogP contribution in [0.3, 0.4) is 0 Å². The van der Waals surface area contributed by atoms with Crippen LogP contribution in [0.15, 0.2) is 24.3 Å². The average molecular weight is 276 g/mol. The summed E-state index contributed by atoms with van der Waals surface area (Å²) in [6.45, 7) is 6.13. The molecule has 0 spiro atoms. The molecule has 1 fully saturated rings. The van der Waals surface area contributed by atoms with E-state index in [2.05, 4.69) is 11.8 Å². The third-order valence-electron chi connectivity index (χ3n) is 4.55. The highest BCUT2D eigenvalue weighted by molar-refractivity contribution is 5.87. The van der Waals surface area contributed by atoms with Gasteiger partial charge in [-0.25, -0.2) is 4.79 Å². The number of rotatable bonds is 5. The summed E-state index contributed by atoms with van der Waals surface area (Å²) in [7, 11) is 0. The highest BCUT2D eigenvalue weighted by Crippen LogP contribution is 2.34. The second-order valence-electron chi connectivity index (χ2n) is 5.82. The molecule has 4 nitrogen and oxygen atoms in total. The first-order valence-corrected chi connectivity index (χ1v) is 7.33. The summed E-state index contributed by atoms with van der Waals surface area (Å²) in [6.07, 6.45) is 3.06. The van der Waals surface area contributed by atoms with Crippen molar-refractivity contribution in [2.75, 3.05) is 26.2 Å². The topological polar surface area (TPSA) is 66.6 Å². The number of hydrogen-bond donors (Lipinski definition) is 2. The molecule has 0 radical (unpaired) electrons. The van der Waals surface area contributed by atoms with Gasteiger partial charge in [-0.1, -0.05) is 19.1 Å². The number of hydrogen-bond acceptors (Lipinski definition) is 3. The van der Waals surface area contributed by atoms with Crippen LogP contribution in [-0.2, 0) is 6.42 Å². The van der Waals surface area contributed by atoms with E-state index in [9.17, 15) is 4.79 Å². The zero-order valence-corrected chi connectivity index (χ0v) is 12.1. The van der Waals surface area contributed by atoms with E-state index in [1.807, 2.05) is 12.1 Å². The molecular formula is C16H24N2O2. The predicted molar refractivity (Wildman–Crippen MR) is 79.9 cm³/mol. The van der Waals surface area contributed by atoms with Crippen molar-refractivity contribution in [2.45, 2.75) is 26.2 Å². The lowest BCUT2D eigenvalue weighted by atomic mass is 9.73. The van der Waals surface area contributed by atoms with Crippen LogP contribution in [0.5, 0.6) is 0 Å². The molecule has 2 rings (SSSR count). The Morgan fingerprint density at radius 1 is 1.40 bits per heavy atom. The standard InChI is InChI=1S/C16H24N2O2/c1-2-18-8-6-16(12-17,7-9-18)11-13-4-3-5-14(10-13)15(19)20/h3-5,10H,2,6-9,11-12,17H2,1H3,(H,19,20). The van der Waals surface area contributed by atoms with Crippen molar-refractivity contribution >= 4 is 5.97 Å². The lowest BCUT2D eigenvalue weighted by Gasteiger charge is -2.41. The second kappa shape index (κ2) is 6.37. The molecule has 0 bridgehead atoms. The molecule has 0 saturated carbocycles. The molecule has 0 atom stereocenters. The highest BCUT2D eigenvalue weighted by atomic mass is 16.4. The summed E-state index contributed by atoms with van der Waals surface area (Å²) < 4.78 is 0. The number of carboxylic acid groups (broad SMARTS) is 1. The number of nitrogens with zero attached hydrogens (tertiary/aromatic N) is 1. The summed E-state index contributed by atoms with van der Waals surface area (Å²) in [4.78, 5) is 13.5.